The summed E-state index contributed by atoms with van der Waals surface area (Å²) >= 11 is 0. The van der Waals surface area contributed by atoms with Gasteiger partial charge in [0, 0.05) is 12.1 Å². The zero-order valence-corrected chi connectivity index (χ0v) is 15.6. The Balaban J connectivity index is 1.87. The Labute approximate surface area is 161 Å². The van der Waals surface area contributed by atoms with E-state index in [9.17, 15) is 4.39 Å². The van der Waals surface area contributed by atoms with Crippen molar-refractivity contribution < 1.29 is 18.6 Å². The first-order valence-corrected chi connectivity index (χ1v) is 8.56. The number of hydrogen-bond donors (Lipinski definition) is 0. The molecular weight excluding hydrogens is 361 g/mol. The highest BCUT2D eigenvalue weighted by Gasteiger charge is 2.16. The summed E-state index contributed by atoms with van der Waals surface area (Å²) < 4.78 is 31.2. The fraction of sp³-hybridized carbons (Fsp3) is 0.143. The van der Waals surface area contributed by atoms with Gasteiger partial charge in [0.1, 0.15) is 11.3 Å². The van der Waals surface area contributed by atoms with Crippen LogP contribution in [0.3, 0.4) is 0 Å². The molecule has 4 rings (SSSR count). The van der Waals surface area contributed by atoms with E-state index in [2.05, 4.69) is 10.3 Å². The third-order valence-corrected chi connectivity index (χ3v) is 4.52. The van der Waals surface area contributed by atoms with Gasteiger partial charge in [-0.05, 0) is 35.4 Å². The normalized spacial score (nSPS) is 10.9. The van der Waals surface area contributed by atoms with E-state index in [1.165, 1.54) is 12.1 Å². The van der Waals surface area contributed by atoms with E-state index >= 15 is 0 Å². The average molecular weight is 379 g/mol. The monoisotopic (exact) mass is 379 g/mol. The van der Waals surface area contributed by atoms with Crippen LogP contribution in [0.25, 0.3) is 27.8 Å². The highest BCUT2D eigenvalue weighted by atomic mass is 19.1. The molecule has 0 aliphatic rings. The van der Waals surface area contributed by atoms with E-state index < -0.39 is 0 Å². The molecule has 0 radical (unpaired) electrons. The van der Waals surface area contributed by atoms with Crippen molar-refractivity contribution in [3.63, 3.8) is 0 Å². The molecule has 0 N–H and O–H groups in total. The lowest BCUT2D eigenvalue weighted by Gasteiger charge is -2.14. The highest BCUT2D eigenvalue weighted by molar-refractivity contribution is 5.83. The lowest BCUT2D eigenvalue weighted by Crippen LogP contribution is -2.01. The molecule has 0 amide bonds. The Hall–Kier alpha value is -3.61. The van der Waals surface area contributed by atoms with E-state index in [4.69, 9.17) is 14.2 Å². The second-order valence-electron chi connectivity index (χ2n) is 6.10. The maximum absolute atomic E-state index is 13.2. The van der Waals surface area contributed by atoms with Crippen molar-refractivity contribution in [3.8, 4) is 34.1 Å². The molecular formula is C21H18FN3O3. The lowest BCUT2D eigenvalue weighted by atomic mass is 10.1. The number of fused-ring (bicyclic) bond motifs is 1. The van der Waals surface area contributed by atoms with Crippen molar-refractivity contribution in [2.45, 2.75) is 0 Å². The van der Waals surface area contributed by atoms with E-state index in [1.54, 1.807) is 50.3 Å². The standard InChI is InChI=1S/C21H18FN3O3/c1-26-19-11-16(12-20(27-2)21(19)28-3)25-18-10-14(6-9-17(18)23-24-25)13-4-7-15(22)8-5-13/h4-12H,1-3H3. The van der Waals surface area contributed by atoms with Crippen LogP contribution in [0, 0.1) is 5.82 Å². The Kier molecular flexibility index (Phi) is 4.57. The van der Waals surface area contributed by atoms with E-state index in [0.717, 1.165) is 22.2 Å². The van der Waals surface area contributed by atoms with Crippen LogP contribution in [0.5, 0.6) is 17.2 Å². The SMILES string of the molecule is COc1cc(-n2nnc3ccc(-c4ccc(F)cc4)cc32)cc(OC)c1OC. The molecule has 142 valence electrons. The molecule has 0 aliphatic heterocycles. The van der Waals surface area contributed by atoms with Gasteiger partial charge in [-0.2, -0.15) is 0 Å². The van der Waals surface area contributed by atoms with Gasteiger partial charge in [0.15, 0.2) is 11.5 Å². The number of halogens is 1. The zero-order chi connectivity index (χ0) is 19.7. The van der Waals surface area contributed by atoms with Crippen molar-refractivity contribution in [2.24, 2.45) is 0 Å². The molecule has 1 heterocycles. The molecule has 3 aromatic carbocycles. The van der Waals surface area contributed by atoms with Crippen LogP contribution in [-0.4, -0.2) is 36.3 Å². The van der Waals surface area contributed by atoms with Crippen LogP contribution < -0.4 is 14.2 Å². The largest absolute Gasteiger partial charge is 0.493 e. The van der Waals surface area contributed by atoms with Crippen LogP contribution in [0.2, 0.25) is 0 Å². The molecule has 0 bridgehead atoms. The van der Waals surface area contributed by atoms with Gasteiger partial charge in [0.25, 0.3) is 0 Å². The van der Waals surface area contributed by atoms with E-state index in [1.807, 2.05) is 18.2 Å². The molecule has 0 atom stereocenters. The molecule has 28 heavy (non-hydrogen) atoms. The smallest absolute Gasteiger partial charge is 0.203 e. The fourth-order valence-corrected chi connectivity index (χ4v) is 3.12. The Morgan fingerprint density at radius 1 is 0.786 bits per heavy atom. The maximum Gasteiger partial charge on any atom is 0.203 e. The van der Waals surface area contributed by atoms with Crippen molar-refractivity contribution in [1.82, 2.24) is 15.0 Å². The predicted molar refractivity (Wildman–Crippen MR) is 104 cm³/mol. The zero-order valence-electron chi connectivity index (χ0n) is 15.6. The first-order valence-electron chi connectivity index (χ1n) is 8.56. The first-order chi connectivity index (χ1) is 13.6. The van der Waals surface area contributed by atoms with Crippen molar-refractivity contribution >= 4 is 11.0 Å². The number of rotatable bonds is 5. The summed E-state index contributed by atoms with van der Waals surface area (Å²) in [5.74, 6) is 1.28. The lowest BCUT2D eigenvalue weighted by molar-refractivity contribution is 0.324. The molecule has 0 unspecified atom stereocenters. The van der Waals surface area contributed by atoms with Crippen molar-refractivity contribution in [3.05, 3.63) is 60.4 Å². The summed E-state index contributed by atoms with van der Waals surface area (Å²) in [5, 5.41) is 8.51. The minimum atomic E-state index is -0.269. The van der Waals surface area contributed by atoms with Gasteiger partial charge in [-0.25, -0.2) is 9.07 Å². The van der Waals surface area contributed by atoms with Crippen LogP contribution >= 0.6 is 0 Å². The Bertz CT molecular complexity index is 1110. The van der Waals surface area contributed by atoms with Crippen LogP contribution in [0.4, 0.5) is 4.39 Å². The van der Waals surface area contributed by atoms with Crippen molar-refractivity contribution in [2.75, 3.05) is 21.3 Å². The topological polar surface area (TPSA) is 58.4 Å². The number of nitrogens with zero attached hydrogens (tertiary/aromatic N) is 3. The van der Waals surface area contributed by atoms with Gasteiger partial charge in [-0.3, -0.25) is 0 Å². The minimum absolute atomic E-state index is 0.269. The number of hydrogen-bond acceptors (Lipinski definition) is 5. The summed E-state index contributed by atoms with van der Waals surface area (Å²) in [6, 6.07) is 15.8. The third kappa shape index (κ3) is 3.00. The first kappa shape index (κ1) is 17.8. The molecule has 0 spiro atoms. The number of ether oxygens (including phenoxy) is 3. The van der Waals surface area contributed by atoms with Gasteiger partial charge in [-0.1, -0.05) is 23.4 Å². The van der Waals surface area contributed by atoms with E-state index in [0.29, 0.717) is 22.9 Å². The molecule has 0 fully saturated rings. The van der Waals surface area contributed by atoms with Gasteiger partial charge >= 0.3 is 0 Å². The minimum Gasteiger partial charge on any atom is -0.493 e. The van der Waals surface area contributed by atoms with Gasteiger partial charge < -0.3 is 14.2 Å². The number of aromatic nitrogens is 3. The van der Waals surface area contributed by atoms with Crippen LogP contribution in [0.1, 0.15) is 0 Å². The van der Waals surface area contributed by atoms with Gasteiger partial charge in [0.2, 0.25) is 5.75 Å². The van der Waals surface area contributed by atoms with Crippen LogP contribution in [0.15, 0.2) is 54.6 Å². The summed E-state index contributed by atoms with van der Waals surface area (Å²) in [5.41, 5.74) is 4.09. The van der Waals surface area contributed by atoms with Gasteiger partial charge in [-0.15, -0.1) is 5.10 Å². The van der Waals surface area contributed by atoms with E-state index in [-0.39, 0.29) is 5.82 Å². The molecule has 0 aliphatic carbocycles. The second kappa shape index (κ2) is 7.19. The number of methoxy groups -OCH3 is 3. The van der Waals surface area contributed by atoms with Crippen molar-refractivity contribution in [1.29, 1.82) is 0 Å². The molecule has 6 nitrogen and oxygen atoms in total. The fourth-order valence-electron chi connectivity index (χ4n) is 3.12. The highest BCUT2D eigenvalue weighted by Crippen LogP contribution is 2.39. The second-order valence-corrected chi connectivity index (χ2v) is 6.10. The molecule has 0 saturated carbocycles. The molecule has 4 aromatic rings. The third-order valence-electron chi connectivity index (χ3n) is 4.52. The Morgan fingerprint density at radius 2 is 1.43 bits per heavy atom. The van der Waals surface area contributed by atoms with Crippen LogP contribution in [-0.2, 0) is 0 Å². The average Bonchev–Trinajstić information content (AvgIpc) is 3.16. The molecule has 1 aromatic heterocycles. The number of benzene rings is 3. The quantitative estimate of drug-likeness (QED) is 0.519. The Morgan fingerprint density at radius 3 is 2.04 bits per heavy atom. The summed E-state index contributed by atoms with van der Waals surface area (Å²) in [6.45, 7) is 0. The summed E-state index contributed by atoms with van der Waals surface area (Å²) in [6.07, 6.45) is 0. The predicted octanol–water partition coefficient (Wildman–Crippen LogP) is 4.25. The molecule has 7 heteroatoms. The summed E-state index contributed by atoms with van der Waals surface area (Å²) in [7, 11) is 4.68. The molecule has 0 saturated heterocycles. The summed E-state index contributed by atoms with van der Waals surface area (Å²) in [4.78, 5) is 0. The maximum atomic E-state index is 13.2. The van der Waals surface area contributed by atoms with Gasteiger partial charge in [0.05, 0.1) is 32.5 Å².